The predicted molar refractivity (Wildman–Crippen MR) is 109 cm³/mol. The van der Waals surface area contributed by atoms with E-state index in [2.05, 4.69) is 15.4 Å². The summed E-state index contributed by atoms with van der Waals surface area (Å²) in [7, 11) is 0. The third-order valence-corrected chi connectivity index (χ3v) is 5.38. The number of furan rings is 1. The first-order chi connectivity index (χ1) is 15.4. The number of halogens is 3. The molecular weight excluding hydrogens is 421 g/mol. The summed E-state index contributed by atoms with van der Waals surface area (Å²) in [5.41, 5.74) is 1.76. The molecule has 0 saturated heterocycles. The Morgan fingerprint density at radius 3 is 2.62 bits per heavy atom. The van der Waals surface area contributed by atoms with E-state index in [1.807, 2.05) is 6.07 Å². The zero-order valence-corrected chi connectivity index (χ0v) is 16.7. The topological polar surface area (TPSA) is 73.0 Å². The van der Waals surface area contributed by atoms with Crippen LogP contribution in [0.1, 0.15) is 33.1 Å². The molecule has 162 valence electrons. The number of aromatic nitrogens is 3. The number of hydrogen-bond acceptors (Lipinski definition) is 4. The van der Waals surface area contributed by atoms with Crippen molar-refractivity contribution in [2.24, 2.45) is 0 Å². The average molecular weight is 438 g/mol. The van der Waals surface area contributed by atoms with Crippen molar-refractivity contribution in [3.8, 4) is 16.9 Å². The fraction of sp³-hybridized carbons (Fsp3) is 0.174. The number of alkyl halides is 3. The Balaban J connectivity index is 1.46. The van der Waals surface area contributed by atoms with Crippen molar-refractivity contribution in [2.45, 2.75) is 25.6 Å². The van der Waals surface area contributed by atoms with Gasteiger partial charge in [-0.15, -0.1) is 0 Å². The van der Waals surface area contributed by atoms with Crippen molar-refractivity contribution in [1.29, 1.82) is 0 Å². The third-order valence-electron chi connectivity index (χ3n) is 5.38. The Morgan fingerprint density at radius 1 is 1.09 bits per heavy atom. The molecule has 0 aliphatic heterocycles. The van der Waals surface area contributed by atoms with Crippen LogP contribution in [-0.4, -0.2) is 20.7 Å². The highest BCUT2D eigenvalue weighted by Crippen LogP contribution is 2.42. The lowest BCUT2D eigenvalue weighted by Gasteiger charge is -2.15. The van der Waals surface area contributed by atoms with Gasteiger partial charge >= 0.3 is 6.18 Å². The summed E-state index contributed by atoms with van der Waals surface area (Å²) in [4.78, 5) is 16.6. The standard InChI is InChI=1S/C23H17F3N4O2/c24-23(25,26)21-18-8-9-19-17(10-12-32-19)20(18)30(29-21)16-6-4-14(5-7-16)22(31)28-13-15-3-1-2-11-27-15/h1-7,10-12H,8-9,13H2,(H,28,31). The molecule has 32 heavy (non-hydrogen) atoms. The first kappa shape index (κ1) is 20.0. The highest BCUT2D eigenvalue weighted by Gasteiger charge is 2.41. The maximum absolute atomic E-state index is 13.6. The van der Waals surface area contributed by atoms with Crippen molar-refractivity contribution in [1.82, 2.24) is 20.1 Å². The van der Waals surface area contributed by atoms with Crippen LogP contribution in [0.4, 0.5) is 13.2 Å². The van der Waals surface area contributed by atoms with E-state index in [-0.39, 0.29) is 24.4 Å². The number of aryl methyl sites for hydroxylation is 1. The molecule has 0 bridgehead atoms. The van der Waals surface area contributed by atoms with Gasteiger partial charge in [0, 0.05) is 29.3 Å². The fourth-order valence-electron chi connectivity index (χ4n) is 3.89. The Labute approximate surface area is 180 Å². The summed E-state index contributed by atoms with van der Waals surface area (Å²) in [6.07, 6.45) is -0.874. The highest BCUT2D eigenvalue weighted by atomic mass is 19.4. The summed E-state index contributed by atoms with van der Waals surface area (Å²) in [5.74, 6) is 0.329. The minimum atomic E-state index is -4.57. The minimum absolute atomic E-state index is 0.156. The van der Waals surface area contributed by atoms with E-state index in [4.69, 9.17) is 4.42 Å². The van der Waals surface area contributed by atoms with Gasteiger partial charge in [0.15, 0.2) is 5.69 Å². The molecular formula is C23H17F3N4O2. The number of rotatable bonds is 4. The van der Waals surface area contributed by atoms with Crippen molar-refractivity contribution < 1.29 is 22.4 Å². The maximum atomic E-state index is 13.6. The van der Waals surface area contributed by atoms with Gasteiger partial charge in [-0.2, -0.15) is 18.3 Å². The predicted octanol–water partition coefficient (Wildman–Crippen LogP) is 4.57. The Morgan fingerprint density at radius 2 is 1.91 bits per heavy atom. The van der Waals surface area contributed by atoms with Gasteiger partial charge in [0.1, 0.15) is 5.76 Å². The fourth-order valence-corrected chi connectivity index (χ4v) is 3.89. The molecule has 6 nitrogen and oxygen atoms in total. The van der Waals surface area contributed by atoms with Crippen molar-refractivity contribution in [3.05, 3.63) is 89.3 Å². The van der Waals surface area contributed by atoms with Crippen LogP contribution in [0.15, 0.2) is 65.4 Å². The number of benzene rings is 1. The van der Waals surface area contributed by atoms with Gasteiger partial charge in [-0.25, -0.2) is 4.68 Å². The van der Waals surface area contributed by atoms with Crippen LogP contribution >= 0.6 is 0 Å². The average Bonchev–Trinajstić information content (AvgIpc) is 3.42. The largest absolute Gasteiger partial charge is 0.469 e. The van der Waals surface area contributed by atoms with Crippen molar-refractivity contribution >= 4 is 5.91 Å². The van der Waals surface area contributed by atoms with E-state index >= 15 is 0 Å². The number of pyridine rings is 1. The molecule has 0 spiro atoms. The van der Waals surface area contributed by atoms with Crippen LogP contribution in [0.3, 0.4) is 0 Å². The smallest absolute Gasteiger partial charge is 0.435 e. The van der Waals surface area contributed by atoms with Gasteiger partial charge in [0.2, 0.25) is 0 Å². The number of carbonyl (C=O) groups excluding carboxylic acids is 1. The first-order valence-corrected chi connectivity index (χ1v) is 9.96. The van der Waals surface area contributed by atoms with Crippen molar-refractivity contribution in [2.75, 3.05) is 0 Å². The van der Waals surface area contributed by atoms with E-state index in [0.29, 0.717) is 34.7 Å². The monoisotopic (exact) mass is 438 g/mol. The van der Waals surface area contributed by atoms with Crippen LogP contribution < -0.4 is 5.32 Å². The van der Waals surface area contributed by atoms with Gasteiger partial charge in [-0.3, -0.25) is 9.78 Å². The summed E-state index contributed by atoms with van der Waals surface area (Å²) in [6.45, 7) is 0.270. The van der Waals surface area contributed by atoms with E-state index in [9.17, 15) is 18.0 Å². The zero-order chi connectivity index (χ0) is 22.3. The lowest BCUT2D eigenvalue weighted by molar-refractivity contribution is -0.142. The molecule has 0 unspecified atom stereocenters. The van der Waals surface area contributed by atoms with Gasteiger partial charge in [-0.1, -0.05) is 6.07 Å². The number of nitrogens with zero attached hydrogens (tertiary/aromatic N) is 3. The number of nitrogens with one attached hydrogen (secondary N) is 1. The second-order valence-corrected chi connectivity index (χ2v) is 7.39. The van der Waals surface area contributed by atoms with E-state index < -0.39 is 11.9 Å². The van der Waals surface area contributed by atoms with Gasteiger partial charge in [0.05, 0.1) is 29.9 Å². The normalized spacial score (nSPS) is 12.8. The van der Waals surface area contributed by atoms with Gasteiger partial charge < -0.3 is 9.73 Å². The number of hydrogen-bond donors (Lipinski definition) is 1. The van der Waals surface area contributed by atoms with Crippen LogP contribution in [-0.2, 0) is 25.6 Å². The number of fused-ring (bicyclic) bond motifs is 3. The van der Waals surface area contributed by atoms with Gasteiger partial charge in [0.25, 0.3) is 5.91 Å². The Kier molecular flexibility index (Phi) is 4.80. The second kappa shape index (κ2) is 7.67. The molecule has 1 aliphatic carbocycles. The SMILES string of the molecule is O=C(NCc1ccccn1)c1ccc(-n2nc(C(F)(F)F)c3c2-c2ccoc2CC3)cc1. The quantitative estimate of drug-likeness (QED) is 0.507. The van der Waals surface area contributed by atoms with Gasteiger partial charge in [-0.05, 0) is 48.9 Å². The summed E-state index contributed by atoms with van der Waals surface area (Å²) >= 11 is 0. The van der Waals surface area contributed by atoms with E-state index in [0.717, 1.165) is 5.69 Å². The summed E-state index contributed by atoms with van der Waals surface area (Å²) < 4.78 is 47.6. The first-order valence-electron chi connectivity index (χ1n) is 9.96. The number of carbonyl (C=O) groups is 1. The van der Waals surface area contributed by atoms with E-state index in [1.165, 1.54) is 10.9 Å². The van der Waals surface area contributed by atoms with Crippen LogP contribution in [0, 0.1) is 0 Å². The molecule has 1 N–H and O–H groups in total. The molecule has 1 amide bonds. The molecule has 1 aliphatic rings. The molecule has 0 saturated carbocycles. The Bertz CT molecular complexity index is 1280. The molecule has 0 atom stereocenters. The Hall–Kier alpha value is -3.88. The molecule has 4 aromatic rings. The molecule has 9 heteroatoms. The van der Waals surface area contributed by atoms with Crippen molar-refractivity contribution in [3.63, 3.8) is 0 Å². The molecule has 3 heterocycles. The lowest BCUT2D eigenvalue weighted by Crippen LogP contribution is -2.23. The maximum Gasteiger partial charge on any atom is 0.435 e. The lowest BCUT2D eigenvalue weighted by atomic mass is 9.94. The van der Waals surface area contributed by atoms with Crippen LogP contribution in [0.2, 0.25) is 0 Å². The minimum Gasteiger partial charge on any atom is -0.469 e. The summed E-state index contributed by atoms with van der Waals surface area (Å²) in [5, 5.41) is 6.68. The molecule has 3 aromatic heterocycles. The highest BCUT2D eigenvalue weighted by molar-refractivity contribution is 5.94. The second-order valence-electron chi connectivity index (χ2n) is 7.39. The number of amides is 1. The summed E-state index contributed by atoms with van der Waals surface area (Å²) in [6, 6.07) is 13.4. The molecule has 5 rings (SSSR count). The molecule has 1 aromatic carbocycles. The molecule has 0 radical (unpaired) electrons. The van der Waals surface area contributed by atoms with Crippen LogP contribution in [0.5, 0.6) is 0 Å². The zero-order valence-electron chi connectivity index (χ0n) is 16.7. The molecule has 0 fully saturated rings. The third kappa shape index (κ3) is 3.55. The van der Waals surface area contributed by atoms with Crippen LogP contribution in [0.25, 0.3) is 16.9 Å². The van der Waals surface area contributed by atoms with E-state index in [1.54, 1.807) is 48.7 Å².